The number of phosphoric acid groups is 2. The average Bonchev–Trinajstić information content (AvgIpc) is 1.89. The van der Waals surface area contributed by atoms with Crippen LogP contribution >= 0.6 is 15.6 Å². The summed E-state index contributed by atoms with van der Waals surface area (Å²) in [6.45, 7) is 14.2. The van der Waals surface area contributed by atoms with Crippen LogP contribution in [0.3, 0.4) is 0 Å². The second-order valence-electron chi connectivity index (χ2n) is 29.4. The lowest BCUT2D eigenvalue weighted by Gasteiger charge is -2.21. The fraction of sp³-hybridized carbons (Fsp3) is 0.948. The van der Waals surface area contributed by atoms with E-state index in [0.29, 0.717) is 37.5 Å². The second-order valence-corrected chi connectivity index (χ2v) is 32.3. The van der Waals surface area contributed by atoms with Gasteiger partial charge in [-0.1, -0.05) is 338 Å². The monoisotopic (exact) mass is 1410 g/mol. The number of unbranched alkanes of at least 4 members (excludes halogenated alkanes) is 39. The highest BCUT2D eigenvalue weighted by Gasteiger charge is 2.30. The molecule has 570 valence electrons. The first-order valence-electron chi connectivity index (χ1n) is 39.7. The number of rotatable bonds is 74. The van der Waals surface area contributed by atoms with Gasteiger partial charge in [0, 0.05) is 25.7 Å². The normalized spacial score (nSPS) is 14.4. The van der Waals surface area contributed by atoms with E-state index in [4.69, 9.17) is 37.0 Å². The van der Waals surface area contributed by atoms with Crippen LogP contribution in [0.2, 0.25) is 0 Å². The van der Waals surface area contributed by atoms with Crippen LogP contribution in [0.25, 0.3) is 0 Å². The highest BCUT2D eigenvalue weighted by Crippen LogP contribution is 2.45. The molecule has 0 aromatic heterocycles. The van der Waals surface area contributed by atoms with Crippen molar-refractivity contribution < 1.29 is 80.2 Å². The number of carbonyl (C=O) groups is 4. The largest absolute Gasteiger partial charge is 0.472 e. The third-order valence-electron chi connectivity index (χ3n) is 18.2. The van der Waals surface area contributed by atoms with Crippen LogP contribution in [0.5, 0.6) is 0 Å². The van der Waals surface area contributed by atoms with E-state index in [2.05, 4.69) is 55.4 Å². The lowest BCUT2D eigenvalue weighted by molar-refractivity contribution is -0.161. The van der Waals surface area contributed by atoms with Crippen LogP contribution in [0.1, 0.15) is 389 Å². The number of phosphoric ester groups is 2. The summed E-state index contributed by atoms with van der Waals surface area (Å²) in [6, 6.07) is 0. The first-order valence-corrected chi connectivity index (χ1v) is 42.7. The van der Waals surface area contributed by atoms with Crippen molar-refractivity contribution in [2.75, 3.05) is 39.6 Å². The molecule has 0 spiro atoms. The van der Waals surface area contributed by atoms with Crippen molar-refractivity contribution >= 4 is 39.5 Å². The van der Waals surface area contributed by atoms with Gasteiger partial charge in [0.1, 0.15) is 19.3 Å². The molecule has 0 aliphatic carbocycles. The molecule has 0 amide bonds. The molecular formula is C77H150O17P2. The predicted octanol–water partition coefficient (Wildman–Crippen LogP) is 22.4. The molecular weight excluding hydrogens is 1260 g/mol. The van der Waals surface area contributed by atoms with Crippen LogP contribution in [0, 0.1) is 23.7 Å². The van der Waals surface area contributed by atoms with Gasteiger partial charge < -0.3 is 33.8 Å². The molecule has 0 bridgehead atoms. The van der Waals surface area contributed by atoms with E-state index < -0.39 is 97.5 Å². The summed E-state index contributed by atoms with van der Waals surface area (Å²) >= 11 is 0. The van der Waals surface area contributed by atoms with Gasteiger partial charge in [-0.3, -0.25) is 37.3 Å². The van der Waals surface area contributed by atoms with E-state index in [1.165, 1.54) is 180 Å². The molecule has 0 radical (unpaired) electrons. The molecule has 0 aromatic rings. The molecule has 3 N–H and O–H groups in total. The standard InChI is InChI=1S/C77H150O17P2/c1-9-70(8)56-48-40-32-24-20-16-14-12-10-11-13-15-17-21-25-33-43-51-59-76(81)93-72(63-87-74(79)57-49-41-35-27-30-38-46-54-68(4)5)65-91-95(83,84)89-61-71(78)62-90-96(85,86)92-66-73(64-88-75(80)58-50-42-36-28-31-39-47-55-69(6)7)94-77(82)60-52-44-34-26-22-18-19-23-29-37-45-53-67(2)3/h67-73,78H,9-66H2,1-8H3,(H,83,84)(H,85,86)/t70?,71?,72-,73-/m1/s1. The Morgan fingerprint density at radius 1 is 0.292 bits per heavy atom. The van der Waals surface area contributed by atoms with Crippen molar-refractivity contribution in [3.8, 4) is 0 Å². The van der Waals surface area contributed by atoms with Gasteiger partial charge in [0.2, 0.25) is 0 Å². The van der Waals surface area contributed by atoms with Crippen LogP contribution in [0.4, 0.5) is 0 Å². The van der Waals surface area contributed by atoms with Gasteiger partial charge in [-0.2, -0.15) is 0 Å². The summed E-state index contributed by atoms with van der Waals surface area (Å²) < 4.78 is 68.5. The lowest BCUT2D eigenvalue weighted by Crippen LogP contribution is -2.30. The third-order valence-corrected chi connectivity index (χ3v) is 20.1. The highest BCUT2D eigenvalue weighted by atomic mass is 31.2. The highest BCUT2D eigenvalue weighted by molar-refractivity contribution is 7.47. The summed E-state index contributed by atoms with van der Waals surface area (Å²) in [5.74, 6) is 0.924. The van der Waals surface area contributed by atoms with E-state index in [9.17, 15) is 43.2 Å². The van der Waals surface area contributed by atoms with Crippen molar-refractivity contribution in [2.24, 2.45) is 23.7 Å². The Morgan fingerprint density at radius 3 is 0.740 bits per heavy atom. The zero-order chi connectivity index (χ0) is 71.0. The third kappa shape index (κ3) is 69.2. The van der Waals surface area contributed by atoms with Crippen LogP contribution in [-0.4, -0.2) is 96.7 Å². The summed E-state index contributed by atoms with van der Waals surface area (Å²) in [5.41, 5.74) is 0. The minimum absolute atomic E-state index is 0.105. The fourth-order valence-electron chi connectivity index (χ4n) is 11.7. The Kier molecular flexibility index (Phi) is 65.0. The Bertz CT molecular complexity index is 1890. The van der Waals surface area contributed by atoms with Crippen LogP contribution in [0.15, 0.2) is 0 Å². The van der Waals surface area contributed by atoms with Crippen LogP contribution in [-0.2, 0) is 65.4 Å². The van der Waals surface area contributed by atoms with Gasteiger partial charge in [0.15, 0.2) is 12.2 Å². The molecule has 0 saturated heterocycles. The quantitative estimate of drug-likeness (QED) is 0.0222. The number of ether oxygens (including phenoxy) is 4. The maximum Gasteiger partial charge on any atom is 0.472 e. The zero-order valence-corrected chi connectivity index (χ0v) is 64.8. The molecule has 0 heterocycles. The van der Waals surface area contributed by atoms with Crippen molar-refractivity contribution in [1.29, 1.82) is 0 Å². The van der Waals surface area contributed by atoms with Gasteiger partial charge in [0.05, 0.1) is 26.4 Å². The van der Waals surface area contributed by atoms with Crippen molar-refractivity contribution in [3.63, 3.8) is 0 Å². The number of esters is 4. The summed E-state index contributed by atoms with van der Waals surface area (Å²) in [5, 5.41) is 10.6. The summed E-state index contributed by atoms with van der Waals surface area (Å²) in [7, 11) is -9.91. The van der Waals surface area contributed by atoms with E-state index in [-0.39, 0.29) is 25.7 Å². The maximum atomic E-state index is 13.1. The van der Waals surface area contributed by atoms with Crippen molar-refractivity contribution in [1.82, 2.24) is 0 Å². The molecule has 19 heteroatoms. The number of hydrogen-bond donors (Lipinski definition) is 3. The van der Waals surface area contributed by atoms with Gasteiger partial charge in [0.25, 0.3) is 0 Å². The van der Waals surface area contributed by atoms with Gasteiger partial charge in [-0.05, 0) is 49.4 Å². The van der Waals surface area contributed by atoms with Gasteiger partial charge >= 0.3 is 39.5 Å². The first kappa shape index (κ1) is 94.1. The van der Waals surface area contributed by atoms with Crippen LogP contribution < -0.4 is 0 Å². The average molecular weight is 1410 g/mol. The Balaban J connectivity index is 5.17. The molecule has 96 heavy (non-hydrogen) atoms. The van der Waals surface area contributed by atoms with Gasteiger partial charge in [-0.15, -0.1) is 0 Å². The summed E-state index contributed by atoms with van der Waals surface area (Å²) in [6.07, 6.45) is 51.6. The molecule has 0 aromatic carbocycles. The molecule has 6 atom stereocenters. The number of aliphatic hydroxyl groups is 1. The first-order chi connectivity index (χ1) is 46.1. The molecule has 0 rings (SSSR count). The zero-order valence-electron chi connectivity index (χ0n) is 63.0. The number of carbonyl (C=O) groups excluding carboxylic acids is 4. The van der Waals surface area contributed by atoms with Crippen molar-refractivity contribution in [3.05, 3.63) is 0 Å². The van der Waals surface area contributed by atoms with Gasteiger partial charge in [-0.25, -0.2) is 9.13 Å². The Hall–Kier alpha value is -1.94. The molecule has 0 aliphatic heterocycles. The number of hydrogen-bond acceptors (Lipinski definition) is 15. The molecule has 17 nitrogen and oxygen atoms in total. The molecule has 0 fully saturated rings. The summed E-state index contributed by atoms with van der Waals surface area (Å²) in [4.78, 5) is 72.8. The Labute approximate surface area is 588 Å². The SMILES string of the molecule is CCC(C)CCCCCCCCCCCCCCCCCCCCC(=O)O[C@H](COC(=O)CCCCCCCCCC(C)C)COP(=O)(O)OCC(O)COP(=O)(O)OC[C@@H](COC(=O)CCCCCCCCCC(C)C)OC(=O)CCCCCCCCCCCCCC(C)C. The van der Waals surface area contributed by atoms with E-state index in [1.807, 2.05) is 0 Å². The Morgan fingerprint density at radius 2 is 0.500 bits per heavy atom. The lowest BCUT2D eigenvalue weighted by atomic mass is 9.99. The topological polar surface area (TPSA) is 237 Å². The molecule has 4 unspecified atom stereocenters. The smallest absolute Gasteiger partial charge is 0.462 e. The van der Waals surface area contributed by atoms with E-state index in [0.717, 1.165) is 115 Å². The maximum absolute atomic E-state index is 13.1. The predicted molar refractivity (Wildman–Crippen MR) is 391 cm³/mol. The minimum Gasteiger partial charge on any atom is -0.462 e. The number of aliphatic hydroxyl groups excluding tert-OH is 1. The second kappa shape index (κ2) is 66.3. The minimum atomic E-state index is -4.96. The van der Waals surface area contributed by atoms with Crippen molar-refractivity contribution in [2.45, 2.75) is 408 Å². The molecule has 0 aliphatic rings. The van der Waals surface area contributed by atoms with E-state index >= 15 is 0 Å². The molecule has 0 saturated carbocycles. The fourth-order valence-corrected chi connectivity index (χ4v) is 13.3. The van der Waals surface area contributed by atoms with E-state index in [1.54, 1.807) is 0 Å².